The number of hydrogen-bond donors (Lipinski definition) is 2. The molecule has 5 heteroatoms. The summed E-state index contributed by atoms with van der Waals surface area (Å²) in [5.74, 6) is -1.08. The van der Waals surface area contributed by atoms with E-state index in [0.717, 1.165) is 11.1 Å². The predicted molar refractivity (Wildman–Crippen MR) is 105 cm³/mol. The third-order valence-electron chi connectivity index (χ3n) is 5.16. The van der Waals surface area contributed by atoms with Crippen LogP contribution in [0.3, 0.4) is 0 Å². The molecule has 1 aliphatic heterocycles. The zero-order valence-corrected chi connectivity index (χ0v) is 15.5. The first-order valence-electron chi connectivity index (χ1n) is 9.40. The highest BCUT2D eigenvalue weighted by atomic mass is 16.4. The molecule has 1 fully saturated rings. The van der Waals surface area contributed by atoms with Crippen molar-refractivity contribution in [1.29, 1.82) is 0 Å². The number of urea groups is 1. The lowest BCUT2D eigenvalue weighted by Crippen LogP contribution is -2.50. The summed E-state index contributed by atoms with van der Waals surface area (Å²) in [4.78, 5) is 25.7. The lowest BCUT2D eigenvalue weighted by molar-refractivity contribution is -0.143. The summed E-state index contributed by atoms with van der Waals surface area (Å²) >= 11 is 0. The zero-order chi connectivity index (χ0) is 19.2. The Morgan fingerprint density at radius 1 is 1.04 bits per heavy atom. The molecule has 0 spiro atoms. The van der Waals surface area contributed by atoms with Crippen LogP contribution in [-0.4, -0.2) is 41.6 Å². The van der Waals surface area contributed by atoms with Gasteiger partial charge in [0.1, 0.15) is 0 Å². The largest absolute Gasteiger partial charge is 0.481 e. The van der Waals surface area contributed by atoms with Gasteiger partial charge in [0, 0.05) is 25.6 Å². The molecule has 0 aromatic heterocycles. The van der Waals surface area contributed by atoms with Gasteiger partial charge >= 0.3 is 12.0 Å². The van der Waals surface area contributed by atoms with Gasteiger partial charge in [-0.2, -0.15) is 0 Å². The number of nitrogens with one attached hydrogen (secondary N) is 1. The second-order valence-corrected chi connectivity index (χ2v) is 7.34. The SMILES string of the molecule is CC1CC(C(=O)O)CN(C(=O)NCC(c2ccccc2)c2ccccc2)C1. The van der Waals surface area contributed by atoms with E-state index < -0.39 is 11.9 Å². The summed E-state index contributed by atoms with van der Waals surface area (Å²) in [6.45, 7) is 3.32. The number of carbonyl (C=O) groups excluding carboxylic acids is 1. The van der Waals surface area contributed by atoms with Crippen LogP contribution in [0.4, 0.5) is 4.79 Å². The number of hydrogen-bond acceptors (Lipinski definition) is 2. The van der Waals surface area contributed by atoms with E-state index in [1.54, 1.807) is 4.90 Å². The maximum absolute atomic E-state index is 12.7. The normalized spacial score (nSPS) is 19.7. The molecule has 5 nitrogen and oxygen atoms in total. The molecule has 3 rings (SSSR count). The molecule has 1 heterocycles. The van der Waals surface area contributed by atoms with Crippen LogP contribution in [-0.2, 0) is 4.79 Å². The lowest BCUT2D eigenvalue weighted by atomic mass is 9.90. The van der Waals surface area contributed by atoms with Gasteiger partial charge in [-0.1, -0.05) is 67.6 Å². The molecule has 2 atom stereocenters. The minimum Gasteiger partial charge on any atom is -0.481 e. The molecule has 0 aliphatic carbocycles. The number of aliphatic carboxylic acids is 1. The Kier molecular flexibility index (Phi) is 6.12. The molecule has 0 saturated carbocycles. The van der Waals surface area contributed by atoms with Crippen LogP contribution in [0.25, 0.3) is 0 Å². The Morgan fingerprint density at radius 2 is 1.59 bits per heavy atom. The average molecular weight is 366 g/mol. The molecule has 2 N–H and O–H groups in total. The number of likely N-dealkylation sites (tertiary alicyclic amines) is 1. The number of rotatable bonds is 5. The number of benzene rings is 2. The Labute approximate surface area is 160 Å². The van der Waals surface area contributed by atoms with Crippen molar-refractivity contribution in [2.45, 2.75) is 19.3 Å². The molecule has 142 valence electrons. The van der Waals surface area contributed by atoms with Crippen molar-refractivity contribution in [2.75, 3.05) is 19.6 Å². The molecular formula is C22H26N2O3. The van der Waals surface area contributed by atoms with Crippen molar-refractivity contribution in [3.8, 4) is 0 Å². The minimum atomic E-state index is -0.828. The monoisotopic (exact) mass is 366 g/mol. The summed E-state index contributed by atoms with van der Waals surface area (Å²) in [5, 5.41) is 12.3. The van der Waals surface area contributed by atoms with Crippen molar-refractivity contribution in [1.82, 2.24) is 10.2 Å². The van der Waals surface area contributed by atoms with Crippen molar-refractivity contribution in [2.24, 2.45) is 11.8 Å². The number of carbonyl (C=O) groups is 2. The van der Waals surface area contributed by atoms with Crippen molar-refractivity contribution in [3.63, 3.8) is 0 Å². The van der Waals surface area contributed by atoms with Gasteiger partial charge in [0.25, 0.3) is 0 Å². The second kappa shape index (κ2) is 8.71. The summed E-state index contributed by atoms with van der Waals surface area (Å²) in [6.07, 6.45) is 0.621. The molecule has 1 aliphatic rings. The quantitative estimate of drug-likeness (QED) is 0.850. The lowest BCUT2D eigenvalue weighted by Gasteiger charge is -2.35. The van der Waals surface area contributed by atoms with Crippen LogP contribution in [0.5, 0.6) is 0 Å². The molecule has 2 amide bonds. The fourth-order valence-electron chi connectivity index (χ4n) is 3.80. The molecule has 1 saturated heterocycles. The Morgan fingerprint density at radius 3 is 2.11 bits per heavy atom. The number of amides is 2. The Bertz CT molecular complexity index is 724. The third kappa shape index (κ3) is 4.88. The van der Waals surface area contributed by atoms with E-state index in [1.165, 1.54) is 0 Å². The molecule has 0 radical (unpaired) electrons. The molecular weight excluding hydrogens is 340 g/mol. The smallest absolute Gasteiger partial charge is 0.317 e. The summed E-state index contributed by atoms with van der Waals surface area (Å²) in [7, 11) is 0. The average Bonchev–Trinajstić information content (AvgIpc) is 2.69. The first-order valence-corrected chi connectivity index (χ1v) is 9.40. The van der Waals surface area contributed by atoms with Crippen LogP contribution < -0.4 is 5.32 Å². The van der Waals surface area contributed by atoms with E-state index in [4.69, 9.17) is 0 Å². The highest BCUT2D eigenvalue weighted by Crippen LogP contribution is 2.25. The summed E-state index contributed by atoms with van der Waals surface area (Å²) < 4.78 is 0. The predicted octanol–water partition coefficient (Wildman–Crippen LogP) is 3.57. The molecule has 2 aromatic rings. The summed E-state index contributed by atoms with van der Waals surface area (Å²) in [6, 6.07) is 20.0. The number of piperidine rings is 1. The number of nitrogens with zero attached hydrogens (tertiary/aromatic N) is 1. The third-order valence-corrected chi connectivity index (χ3v) is 5.16. The summed E-state index contributed by atoms with van der Waals surface area (Å²) in [5.41, 5.74) is 2.28. The van der Waals surface area contributed by atoms with Gasteiger partial charge in [-0.15, -0.1) is 0 Å². The maximum Gasteiger partial charge on any atom is 0.317 e. The molecule has 2 unspecified atom stereocenters. The van der Waals surface area contributed by atoms with Gasteiger partial charge in [-0.3, -0.25) is 4.79 Å². The van der Waals surface area contributed by atoms with E-state index in [1.807, 2.05) is 43.3 Å². The molecule has 2 aromatic carbocycles. The van der Waals surface area contributed by atoms with Crippen LogP contribution in [0, 0.1) is 11.8 Å². The number of carboxylic acids is 1. The maximum atomic E-state index is 12.7. The second-order valence-electron chi connectivity index (χ2n) is 7.34. The van der Waals surface area contributed by atoms with Crippen LogP contribution in [0.1, 0.15) is 30.4 Å². The van der Waals surface area contributed by atoms with Gasteiger partial charge in [-0.05, 0) is 23.5 Å². The van der Waals surface area contributed by atoms with Gasteiger partial charge < -0.3 is 15.3 Å². The fraction of sp³-hybridized carbons (Fsp3) is 0.364. The highest BCUT2D eigenvalue weighted by molar-refractivity contribution is 5.76. The van der Waals surface area contributed by atoms with Gasteiger partial charge in [0.05, 0.1) is 5.92 Å². The van der Waals surface area contributed by atoms with Crippen molar-refractivity contribution >= 4 is 12.0 Å². The van der Waals surface area contributed by atoms with Crippen LogP contribution >= 0.6 is 0 Å². The van der Waals surface area contributed by atoms with Crippen molar-refractivity contribution < 1.29 is 14.7 Å². The van der Waals surface area contributed by atoms with E-state index in [-0.39, 0.29) is 24.4 Å². The van der Waals surface area contributed by atoms with E-state index in [0.29, 0.717) is 19.5 Å². The standard InChI is InChI=1S/C22H26N2O3/c1-16-12-19(21(25)26)15-24(14-16)22(27)23-13-20(17-8-4-2-5-9-17)18-10-6-3-7-11-18/h2-11,16,19-20H,12-15H2,1H3,(H,23,27)(H,25,26). The van der Waals surface area contributed by atoms with Gasteiger partial charge in [0.2, 0.25) is 0 Å². The molecule has 27 heavy (non-hydrogen) atoms. The first kappa shape index (κ1) is 19.0. The first-order chi connectivity index (χ1) is 13.0. The van der Waals surface area contributed by atoms with Gasteiger partial charge in [0.15, 0.2) is 0 Å². The molecule has 0 bridgehead atoms. The zero-order valence-electron chi connectivity index (χ0n) is 15.5. The topological polar surface area (TPSA) is 69.6 Å². The van der Waals surface area contributed by atoms with Crippen LogP contribution in [0.15, 0.2) is 60.7 Å². The van der Waals surface area contributed by atoms with Crippen LogP contribution in [0.2, 0.25) is 0 Å². The van der Waals surface area contributed by atoms with Gasteiger partial charge in [-0.25, -0.2) is 4.79 Å². The number of carboxylic acid groups (broad SMARTS) is 1. The van der Waals surface area contributed by atoms with E-state index in [9.17, 15) is 14.7 Å². The minimum absolute atomic E-state index is 0.0498. The van der Waals surface area contributed by atoms with E-state index in [2.05, 4.69) is 29.6 Å². The Balaban J connectivity index is 1.70. The van der Waals surface area contributed by atoms with Crippen molar-refractivity contribution in [3.05, 3.63) is 71.8 Å². The fourth-order valence-corrected chi connectivity index (χ4v) is 3.80. The highest BCUT2D eigenvalue weighted by Gasteiger charge is 2.32. The Hall–Kier alpha value is -2.82. The van der Waals surface area contributed by atoms with E-state index >= 15 is 0 Å².